The van der Waals surface area contributed by atoms with Crippen molar-refractivity contribution in [2.45, 2.75) is 102 Å². The summed E-state index contributed by atoms with van der Waals surface area (Å²) in [5.41, 5.74) is 2.28. The smallest absolute Gasteiger partial charge is 0.174 e. The quantitative estimate of drug-likeness (QED) is 0.222. The van der Waals surface area contributed by atoms with E-state index in [9.17, 15) is 13.2 Å². The first kappa shape index (κ1) is 27.1. The Morgan fingerprint density at radius 1 is 0.771 bits per heavy atom. The van der Waals surface area contributed by atoms with E-state index in [1.807, 2.05) is 24.3 Å². The molecular formula is C32H39F3. The molecule has 0 atom stereocenters. The van der Waals surface area contributed by atoms with Crippen molar-refractivity contribution in [3.63, 3.8) is 0 Å². The summed E-state index contributed by atoms with van der Waals surface area (Å²) < 4.78 is 42.6. The zero-order valence-corrected chi connectivity index (χ0v) is 21.1. The average molecular weight is 481 g/mol. The lowest BCUT2D eigenvalue weighted by Gasteiger charge is -2.25. The zero-order chi connectivity index (χ0) is 24.9. The maximum atomic E-state index is 14.7. The van der Waals surface area contributed by atoms with Gasteiger partial charge in [-0.05, 0) is 73.8 Å². The lowest BCUT2D eigenvalue weighted by molar-refractivity contribution is 0.233. The van der Waals surface area contributed by atoms with Gasteiger partial charge in [-0.3, -0.25) is 0 Å². The third kappa shape index (κ3) is 8.92. The summed E-state index contributed by atoms with van der Waals surface area (Å²) in [6.07, 6.45) is 17.2. The molecule has 0 heterocycles. The Balaban J connectivity index is 1.47. The maximum absolute atomic E-state index is 14.7. The fourth-order valence-corrected chi connectivity index (χ4v) is 4.77. The lowest BCUT2D eigenvalue weighted by atomic mass is 9.82. The van der Waals surface area contributed by atoms with E-state index in [0.29, 0.717) is 31.2 Å². The minimum absolute atomic E-state index is 0.0553. The van der Waals surface area contributed by atoms with Crippen LogP contribution >= 0.6 is 0 Å². The van der Waals surface area contributed by atoms with Gasteiger partial charge in [-0.25, -0.2) is 13.2 Å². The molecule has 188 valence electrons. The third-order valence-corrected chi connectivity index (χ3v) is 7.00. The van der Waals surface area contributed by atoms with E-state index in [4.69, 9.17) is 0 Å². The monoisotopic (exact) mass is 480 g/mol. The molecule has 0 saturated heterocycles. The van der Waals surface area contributed by atoms with Crippen molar-refractivity contribution in [1.29, 1.82) is 0 Å². The van der Waals surface area contributed by atoms with Gasteiger partial charge < -0.3 is 0 Å². The second-order valence-corrected chi connectivity index (χ2v) is 9.82. The highest BCUT2D eigenvalue weighted by Gasteiger charge is 2.25. The topological polar surface area (TPSA) is 0 Å². The lowest BCUT2D eigenvalue weighted by Crippen LogP contribution is -2.15. The van der Waals surface area contributed by atoms with Crippen LogP contribution in [-0.4, -0.2) is 6.17 Å². The van der Waals surface area contributed by atoms with Crippen molar-refractivity contribution < 1.29 is 13.2 Å². The first-order chi connectivity index (χ1) is 17.1. The number of unbranched alkanes of at least 4 members (excludes halogenated alkanes) is 8. The standard InChI is InChI=1S/C32H39F3/c1-2-3-4-5-6-7-8-9-10-11-12-25-13-15-26(16-14-25)17-18-28-21-24-30(32(35)31(28)34)27-19-22-29(33)23-20-27/h11-16,21,24,27,29H,2-10,19-20,22-23H2,1H3/b12-11+. The molecule has 3 rings (SSSR count). The van der Waals surface area contributed by atoms with Gasteiger partial charge in [-0.1, -0.05) is 94.1 Å². The van der Waals surface area contributed by atoms with E-state index < -0.39 is 17.8 Å². The van der Waals surface area contributed by atoms with E-state index >= 15 is 0 Å². The summed E-state index contributed by atoms with van der Waals surface area (Å²) in [7, 11) is 0. The Labute approximate surface area is 210 Å². The summed E-state index contributed by atoms with van der Waals surface area (Å²) in [6.45, 7) is 2.25. The molecule has 0 spiro atoms. The van der Waals surface area contributed by atoms with Crippen LogP contribution in [0.1, 0.15) is 119 Å². The minimum Gasteiger partial charge on any atom is -0.247 e. The maximum Gasteiger partial charge on any atom is 0.174 e. The van der Waals surface area contributed by atoms with Crippen LogP contribution in [0.25, 0.3) is 6.08 Å². The Morgan fingerprint density at radius 2 is 1.43 bits per heavy atom. The van der Waals surface area contributed by atoms with Crippen molar-refractivity contribution in [2.24, 2.45) is 0 Å². The molecule has 0 unspecified atom stereocenters. The number of allylic oxidation sites excluding steroid dienone is 1. The Bertz CT molecular complexity index is 986. The van der Waals surface area contributed by atoms with Crippen LogP contribution in [0.15, 0.2) is 42.5 Å². The molecule has 0 radical (unpaired) electrons. The number of hydrogen-bond acceptors (Lipinski definition) is 0. The molecule has 0 amide bonds. The van der Waals surface area contributed by atoms with Crippen LogP contribution in [0.5, 0.6) is 0 Å². The fourth-order valence-electron chi connectivity index (χ4n) is 4.77. The first-order valence-electron chi connectivity index (χ1n) is 13.5. The fraction of sp³-hybridized carbons (Fsp3) is 0.500. The van der Waals surface area contributed by atoms with Crippen molar-refractivity contribution in [3.8, 4) is 11.8 Å². The van der Waals surface area contributed by atoms with Crippen molar-refractivity contribution in [1.82, 2.24) is 0 Å². The van der Waals surface area contributed by atoms with Gasteiger partial charge in [-0.15, -0.1) is 0 Å². The summed E-state index contributed by atoms with van der Waals surface area (Å²) in [5.74, 6) is 3.85. The van der Waals surface area contributed by atoms with Gasteiger partial charge in [0.2, 0.25) is 0 Å². The van der Waals surface area contributed by atoms with E-state index in [2.05, 4.69) is 30.9 Å². The molecule has 1 fully saturated rings. The molecule has 0 aliphatic heterocycles. The Hall–Kier alpha value is -2.47. The molecule has 0 nitrogen and oxygen atoms in total. The van der Waals surface area contributed by atoms with Gasteiger partial charge in [0.05, 0.1) is 5.56 Å². The number of rotatable bonds is 11. The highest BCUT2D eigenvalue weighted by molar-refractivity contribution is 5.52. The summed E-state index contributed by atoms with van der Waals surface area (Å²) in [4.78, 5) is 0. The van der Waals surface area contributed by atoms with E-state index in [0.717, 1.165) is 17.5 Å². The molecule has 2 aromatic carbocycles. The zero-order valence-electron chi connectivity index (χ0n) is 21.1. The average Bonchev–Trinajstić information content (AvgIpc) is 2.87. The molecule has 1 aliphatic rings. The molecule has 1 aliphatic carbocycles. The van der Waals surface area contributed by atoms with Crippen molar-refractivity contribution >= 4 is 6.08 Å². The minimum atomic E-state index is -0.905. The molecule has 2 aromatic rings. The normalized spacial score (nSPS) is 17.9. The van der Waals surface area contributed by atoms with Gasteiger partial charge in [-0.2, -0.15) is 0 Å². The number of alkyl halides is 1. The first-order valence-corrected chi connectivity index (χ1v) is 13.5. The Morgan fingerprint density at radius 3 is 2.11 bits per heavy atom. The second kappa shape index (κ2) is 14.8. The van der Waals surface area contributed by atoms with Gasteiger partial charge in [0.15, 0.2) is 11.6 Å². The second-order valence-electron chi connectivity index (χ2n) is 9.82. The molecular weight excluding hydrogens is 441 g/mol. The summed E-state index contributed by atoms with van der Waals surface area (Å²) in [6, 6.07) is 11.0. The van der Waals surface area contributed by atoms with Gasteiger partial charge in [0.1, 0.15) is 6.17 Å². The van der Waals surface area contributed by atoms with Crippen molar-refractivity contribution in [2.75, 3.05) is 0 Å². The summed E-state index contributed by atoms with van der Waals surface area (Å²) in [5, 5.41) is 0. The highest BCUT2D eigenvalue weighted by atomic mass is 19.2. The third-order valence-electron chi connectivity index (χ3n) is 7.00. The van der Waals surface area contributed by atoms with E-state index in [1.54, 1.807) is 12.1 Å². The predicted octanol–water partition coefficient (Wildman–Crippen LogP) is 9.90. The molecule has 0 N–H and O–H groups in total. The molecule has 0 bridgehead atoms. The number of halogens is 3. The highest BCUT2D eigenvalue weighted by Crippen LogP contribution is 2.36. The van der Waals surface area contributed by atoms with Crippen LogP contribution in [0.4, 0.5) is 13.2 Å². The van der Waals surface area contributed by atoms with Crippen LogP contribution < -0.4 is 0 Å². The van der Waals surface area contributed by atoms with Gasteiger partial charge in [0, 0.05) is 5.56 Å². The molecule has 35 heavy (non-hydrogen) atoms. The van der Waals surface area contributed by atoms with Gasteiger partial charge in [0.25, 0.3) is 0 Å². The largest absolute Gasteiger partial charge is 0.247 e. The molecule has 1 saturated carbocycles. The van der Waals surface area contributed by atoms with Crippen LogP contribution in [0, 0.1) is 23.5 Å². The SMILES string of the molecule is CCCCCCCCCC/C=C/c1ccc(C#Cc2ccc(C3CCC(F)CC3)c(F)c2F)cc1. The predicted molar refractivity (Wildman–Crippen MR) is 141 cm³/mol. The van der Waals surface area contributed by atoms with E-state index in [-0.39, 0.29) is 11.5 Å². The van der Waals surface area contributed by atoms with Crippen LogP contribution in [-0.2, 0) is 0 Å². The number of hydrogen-bond donors (Lipinski definition) is 0. The molecule has 0 aromatic heterocycles. The molecule has 3 heteroatoms. The van der Waals surface area contributed by atoms with E-state index in [1.165, 1.54) is 51.4 Å². The van der Waals surface area contributed by atoms with Crippen LogP contribution in [0.3, 0.4) is 0 Å². The van der Waals surface area contributed by atoms with Crippen molar-refractivity contribution in [3.05, 3.63) is 76.4 Å². The Kier molecular flexibility index (Phi) is 11.5. The van der Waals surface area contributed by atoms with Crippen LogP contribution in [0.2, 0.25) is 0 Å². The number of benzene rings is 2. The van der Waals surface area contributed by atoms with Gasteiger partial charge >= 0.3 is 0 Å². The summed E-state index contributed by atoms with van der Waals surface area (Å²) >= 11 is 0.